The van der Waals surface area contributed by atoms with Gasteiger partial charge in [0, 0.05) is 25.1 Å². The molecule has 0 amide bonds. The molecule has 6 atom stereocenters. The van der Waals surface area contributed by atoms with Crippen molar-refractivity contribution in [2.75, 3.05) is 19.8 Å². The van der Waals surface area contributed by atoms with E-state index in [1.54, 1.807) is 0 Å². The molecule has 2 rings (SSSR count). The fourth-order valence-electron chi connectivity index (χ4n) is 7.41. The number of H-pyrrole nitrogens is 1. The highest BCUT2D eigenvalue weighted by atomic mass is 31.2. The fraction of sp³-hybridized carbons (Fsp3) is 0.792. The molecule has 0 saturated carbocycles. The SMILES string of the molecule is CCCCCCCC/C=C\CCCCCCCC(=O)OC[C@H](COP(=O)(O)OC[C@H]1O[C@@H](n2ccc(=O)[nH]c2=O)[C@H](O)[C@@H]1O)OC(=O)CCCCCCC/C=C\CCCCCCCC. The highest BCUT2D eigenvalue weighted by Crippen LogP contribution is 2.44. The van der Waals surface area contributed by atoms with E-state index >= 15 is 0 Å². The number of aromatic amines is 1. The molecule has 1 aromatic heterocycles. The van der Waals surface area contributed by atoms with Gasteiger partial charge in [-0.2, -0.15) is 0 Å². The first-order valence-electron chi connectivity index (χ1n) is 24.6. The Morgan fingerprint density at radius 1 is 0.688 bits per heavy atom. The molecule has 0 aliphatic carbocycles. The van der Waals surface area contributed by atoms with Gasteiger partial charge in [0.1, 0.15) is 24.9 Å². The third kappa shape index (κ3) is 27.5. The lowest BCUT2D eigenvalue weighted by Crippen LogP contribution is -2.37. The van der Waals surface area contributed by atoms with E-state index in [1.807, 2.05) is 4.98 Å². The summed E-state index contributed by atoms with van der Waals surface area (Å²) < 4.78 is 40.4. The molecule has 0 aromatic carbocycles. The Balaban J connectivity index is 1.76. The van der Waals surface area contributed by atoms with Gasteiger partial charge in [-0.05, 0) is 64.2 Å². The number of aromatic nitrogens is 2. The number of nitrogens with zero attached hydrogens (tertiary/aromatic N) is 1. The number of esters is 2. The van der Waals surface area contributed by atoms with Crippen LogP contribution in [0.25, 0.3) is 0 Å². The van der Waals surface area contributed by atoms with Crippen LogP contribution in [0.5, 0.6) is 0 Å². The first-order valence-corrected chi connectivity index (χ1v) is 26.1. The van der Waals surface area contributed by atoms with Crippen molar-refractivity contribution in [3.05, 3.63) is 57.4 Å². The summed E-state index contributed by atoms with van der Waals surface area (Å²) in [4.78, 5) is 61.6. The van der Waals surface area contributed by atoms with E-state index in [2.05, 4.69) is 38.2 Å². The van der Waals surface area contributed by atoms with Crippen molar-refractivity contribution in [2.24, 2.45) is 0 Å². The molecule has 1 aliphatic heterocycles. The number of allylic oxidation sites excluding steroid dienone is 4. The van der Waals surface area contributed by atoms with Crippen LogP contribution in [0.15, 0.2) is 46.2 Å². The average molecular weight is 927 g/mol. The van der Waals surface area contributed by atoms with Gasteiger partial charge in [-0.1, -0.05) is 141 Å². The molecule has 4 N–H and O–H groups in total. The van der Waals surface area contributed by atoms with Crippen LogP contribution in [-0.4, -0.2) is 80.8 Å². The predicted molar refractivity (Wildman–Crippen MR) is 249 cm³/mol. The lowest BCUT2D eigenvalue weighted by molar-refractivity contribution is -0.161. The van der Waals surface area contributed by atoms with Crippen LogP contribution >= 0.6 is 7.82 Å². The second-order valence-electron chi connectivity index (χ2n) is 17.1. The summed E-state index contributed by atoms with van der Waals surface area (Å²) in [6.45, 7) is 2.70. The molecule has 2 heterocycles. The van der Waals surface area contributed by atoms with Crippen molar-refractivity contribution in [3.8, 4) is 0 Å². The lowest BCUT2D eigenvalue weighted by Gasteiger charge is -2.21. The molecule has 0 spiro atoms. The quantitative estimate of drug-likeness (QED) is 0.0209. The number of carbonyl (C=O) groups is 2. The van der Waals surface area contributed by atoms with Crippen molar-refractivity contribution < 1.29 is 52.5 Å². The topological polar surface area (TPSA) is 213 Å². The molecule has 1 aliphatic rings. The summed E-state index contributed by atoms with van der Waals surface area (Å²) in [7, 11) is -4.87. The van der Waals surface area contributed by atoms with Crippen LogP contribution in [0.4, 0.5) is 0 Å². The Bertz CT molecular complexity index is 1600. The molecule has 15 nitrogen and oxygen atoms in total. The van der Waals surface area contributed by atoms with E-state index in [-0.39, 0.29) is 12.8 Å². The van der Waals surface area contributed by atoms with Gasteiger partial charge in [-0.25, -0.2) is 9.36 Å². The minimum absolute atomic E-state index is 0.115. The van der Waals surface area contributed by atoms with Gasteiger partial charge in [0.25, 0.3) is 5.56 Å². The zero-order chi connectivity index (χ0) is 46.7. The first kappa shape index (κ1) is 57.2. The summed E-state index contributed by atoms with van der Waals surface area (Å²) in [5.41, 5.74) is -1.57. The molecular formula is C48H83N2O13P. The Morgan fingerprint density at radius 2 is 1.16 bits per heavy atom. The molecule has 1 saturated heterocycles. The van der Waals surface area contributed by atoms with Crippen LogP contribution in [0.3, 0.4) is 0 Å². The number of hydrogen-bond donors (Lipinski definition) is 4. The smallest absolute Gasteiger partial charge is 0.462 e. The first-order chi connectivity index (χ1) is 31.0. The van der Waals surface area contributed by atoms with E-state index in [4.69, 9.17) is 23.3 Å². The molecule has 1 unspecified atom stereocenters. The van der Waals surface area contributed by atoms with Crippen molar-refractivity contribution in [1.82, 2.24) is 9.55 Å². The normalized spacial score (nSPS) is 19.1. The molecular weight excluding hydrogens is 844 g/mol. The number of phosphoric ester groups is 1. The molecule has 0 bridgehead atoms. The summed E-state index contributed by atoms with van der Waals surface area (Å²) in [5.74, 6) is -1.05. The number of aliphatic hydroxyl groups excluding tert-OH is 2. The van der Waals surface area contributed by atoms with Gasteiger partial charge in [0.15, 0.2) is 12.3 Å². The summed E-state index contributed by atoms with van der Waals surface area (Å²) in [5, 5.41) is 21.0. The number of unbranched alkanes of at least 4 members (excludes halogenated alkanes) is 22. The van der Waals surface area contributed by atoms with E-state index < -0.39 is 81.5 Å². The van der Waals surface area contributed by atoms with Crippen LogP contribution in [0.1, 0.15) is 200 Å². The zero-order valence-electron chi connectivity index (χ0n) is 39.1. The lowest BCUT2D eigenvalue weighted by atomic mass is 10.1. The van der Waals surface area contributed by atoms with Gasteiger partial charge in [0.2, 0.25) is 0 Å². The van der Waals surface area contributed by atoms with Crippen LogP contribution in [0.2, 0.25) is 0 Å². The molecule has 368 valence electrons. The maximum Gasteiger partial charge on any atom is 0.472 e. The van der Waals surface area contributed by atoms with Crippen molar-refractivity contribution >= 4 is 19.8 Å². The van der Waals surface area contributed by atoms with Crippen molar-refractivity contribution in [1.29, 1.82) is 0 Å². The highest BCUT2D eigenvalue weighted by molar-refractivity contribution is 7.47. The largest absolute Gasteiger partial charge is 0.472 e. The fourth-order valence-corrected chi connectivity index (χ4v) is 8.17. The van der Waals surface area contributed by atoms with E-state index in [0.717, 1.165) is 93.9 Å². The minimum Gasteiger partial charge on any atom is -0.462 e. The minimum atomic E-state index is -4.87. The van der Waals surface area contributed by atoms with Gasteiger partial charge in [-0.3, -0.25) is 33.0 Å². The van der Waals surface area contributed by atoms with Crippen molar-refractivity contribution in [2.45, 2.75) is 224 Å². The average Bonchev–Trinajstić information content (AvgIpc) is 3.55. The van der Waals surface area contributed by atoms with Crippen LogP contribution < -0.4 is 11.2 Å². The van der Waals surface area contributed by atoms with Gasteiger partial charge in [-0.15, -0.1) is 0 Å². The number of aliphatic hydroxyl groups is 2. The highest BCUT2D eigenvalue weighted by Gasteiger charge is 2.45. The van der Waals surface area contributed by atoms with Crippen LogP contribution in [0, 0.1) is 0 Å². The Morgan fingerprint density at radius 3 is 1.66 bits per heavy atom. The van der Waals surface area contributed by atoms with E-state index in [9.17, 15) is 38.8 Å². The second-order valence-corrected chi connectivity index (χ2v) is 18.5. The standard InChI is InChI=1S/C48H83N2O13P/c1-3-5-7-9-11-13-15-17-19-21-23-25-27-29-31-33-43(52)59-37-40(62-44(53)34-32-30-28-26-24-22-20-18-16-14-12-10-8-6-4-2)38-60-64(57,58)61-39-41-45(54)46(55)47(63-41)50-36-35-42(51)49-48(50)56/h17-20,35-36,40-41,45-47,54-55H,3-16,21-34,37-39H2,1-2H3,(H,57,58)(H,49,51,56)/b19-17-,20-18-/t40-,41-,45-,46-,47-/m1/s1. The number of carbonyl (C=O) groups excluding carboxylic acids is 2. The Labute approximate surface area is 382 Å². The van der Waals surface area contributed by atoms with Gasteiger partial charge in [0.05, 0.1) is 13.2 Å². The third-order valence-corrected chi connectivity index (χ3v) is 12.3. The molecule has 1 aromatic rings. The van der Waals surface area contributed by atoms with Gasteiger partial charge >= 0.3 is 25.5 Å². The zero-order valence-corrected chi connectivity index (χ0v) is 40.0. The molecule has 1 fully saturated rings. The summed E-state index contributed by atoms with van der Waals surface area (Å²) in [6.07, 6.45) is 32.5. The molecule has 0 radical (unpaired) electrons. The number of phosphoric acid groups is 1. The maximum absolute atomic E-state index is 12.9. The molecule has 64 heavy (non-hydrogen) atoms. The van der Waals surface area contributed by atoms with E-state index in [1.165, 1.54) is 77.0 Å². The Hall–Kier alpha value is -2.91. The predicted octanol–water partition coefficient (Wildman–Crippen LogP) is 9.82. The van der Waals surface area contributed by atoms with Crippen LogP contribution in [-0.2, 0) is 37.4 Å². The Kier molecular flexibility index (Phi) is 32.4. The summed E-state index contributed by atoms with van der Waals surface area (Å²) >= 11 is 0. The van der Waals surface area contributed by atoms with Crippen molar-refractivity contribution in [3.63, 3.8) is 0 Å². The number of nitrogens with one attached hydrogen (secondary N) is 1. The van der Waals surface area contributed by atoms with E-state index in [0.29, 0.717) is 12.8 Å². The molecule has 16 heteroatoms. The number of hydrogen-bond acceptors (Lipinski definition) is 12. The van der Waals surface area contributed by atoms with Gasteiger partial charge < -0.3 is 29.3 Å². The monoisotopic (exact) mass is 927 g/mol. The third-order valence-electron chi connectivity index (χ3n) is 11.3. The number of ether oxygens (including phenoxy) is 3. The second kappa shape index (κ2) is 36.2. The number of rotatable bonds is 40. The maximum atomic E-state index is 12.9. The summed E-state index contributed by atoms with van der Waals surface area (Å²) in [6, 6.07) is 1.03.